The fraction of sp³-hybridized carbons (Fsp3) is 0.844. The largest absolute Gasteiger partial charge is 0.463 e. The Morgan fingerprint density at radius 1 is 0.625 bits per heavy atom. The summed E-state index contributed by atoms with van der Waals surface area (Å²) in [4.78, 5) is 36.8. The van der Waals surface area contributed by atoms with Gasteiger partial charge in [0.15, 0.2) is 0 Å². The molecule has 0 aromatic carbocycles. The first-order valence-corrected chi connectivity index (χ1v) is 22.3. The van der Waals surface area contributed by atoms with Crippen molar-refractivity contribution in [1.29, 1.82) is 0 Å². The van der Waals surface area contributed by atoms with Crippen molar-refractivity contribution in [2.75, 3.05) is 13.2 Å². The zero-order valence-electron chi connectivity index (χ0n) is 34.7. The van der Waals surface area contributed by atoms with E-state index in [1.165, 1.54) is 0 Å². The highest BCUT2D eigenvalue weighted by molar-refractivity contribution is 5.84. The predicted molar refractivity (Wildman–Crippen MR) is 217 cm³/mol. The van der Waals surface area contributed by atoms with E-state index in [2.05, 4.69) is 13.8 Å². The van der Waals surface area contributed by atoms with Crippen LogP contribution >= 0.6 is 0 Å². The Bertz CT molecular complexity index is 1130. The lowest BCUT2D eigenvalue weighted by Crippen LogP contribution is -2.25. The summed E-state index contributed by atoms with van der Waals surface area (Å²) in [6.07, 6.45) is 21.9. The summed E-state index contributed by atoms with van der Waals surface area (Å²) in [6.45, 7) is 3.77. The molecule has 8 unspecified atom stereocenters. The summed E-state index contributed by atoms with van der Waals surface area (Å²) in [5.74, 6) is -1.36. The van der Waals surface area contributed by atoms with Crippen LogP contribution in [-0.2, 0) is 23.9 Å². The third-order valence-corrected chi connectivity index (χ3v) is 11.7. The number of carbonyl (C=O) groups is 3. The Labute approximate surface area is 337 Å². The van der Waals surface area contributed by atoms with Crippen molar-refractivity contribution in [1.82, 2.24) is 0 Å². The molecule has 0 aromatic rings. The van der Waals surface area contributed by atoms with Gasteiger partial charge in [0.2, 0.25) is 0 Å². The predicted octanol–water partition coefficient (Wildman–Crippen LogP) is 6.81. The van der Waals surface area contributed by atoms with Crippen molar-refractivity contribution in [2.45, 2.75) is 205 Å². The van der Waals surface area contributed by atoms with Crippen LogP contribution in [0.3, 0.4) is 0 Å². The number of aliphatic hydroxyl groups is 6. The molecule has 324 valence electrons. The van der Waals surface area contributed by atoms with E-state index in [9.17, 15) is 45.0 Å². The number of aliphatic hydroxyl groups excluding tert-OH is 6. The minimum atomic E-state index is -1.09. The van der Waals surface area contributed by atoms with E-state index in [1.807, 2.05) is 12.2 Å². The van der Waals surface area contributed by atoms with Gasteiger partial charge in [-0.3, -0.25) is 14.4 Å². The van der Waals surface area contributed by atoms with Gasteiger partial charge in [0.1, 0.15) is 25.1 Å². The molecule has 11 heteroatoms. The summed E-state index contributed by atoms with van der Waals surface area (Å²) in [7, 11) is 0. The van der Waals surface area contributed by atoms with E-state index in [-0.39, 0.29) is 61.9 Å². The van der Waals surface area contributed by atoms with Crippen molar-refractivity contribution in [3.8, 4) is 0 Å². The van der Waals surface area contributed by atoms with E-state index in [1.54, 1.807) is 12.2 Å². The van der Waals surface area contributed by atoms with Gasteiger partial charge in [-0.25, -0.2) is 0 Å². The van der Waals surface area contributed by atoms with E-state index >= 15 is 0 Å². The van der Waals surface area contributed by atoms with Gasteiger partial charge in [0, 0.05) is 43.4 Å². The van der Waals surface area contributed by atoms with Crippen molar-refractivity contribution in [3.05, 3.63) is 24.3 Å². The summed E-state index contributed by atoms with van der Waals surface area (Å²) in [5, 5.41) is 61.9. The Morgan fingerprint density at radius 3 is 1.64 bits per heavy atom. The lowest BCUT2D eigenvalue weighted by Gasteiger charge is -2.21. The number of esters is 2. The van der Waals surface area contributed by atoms with E-state index in [0.717, 1.165) is 96.3 Å². The first kappa shape index (κ1) is 50.0. The maximum absolute atomic E-state index is 12.5. The molecule has 0 aliphatic heterocycles. The van der Waals surface area contributed by atoms with Gasteiger partial charge < -0.3 is 40.1 Å². The first-order valence-electron chi connectivity index (χ1n) is 22.3. The lowest BCUT2D eigenvalue weighted by molar-refractivity contribution is -0.152. The molecule has 2 fully saturated rings. The summed E-state index contributed by atoms with van der Waals surface area (Å²) in [6, 6.07) is 0. The van der Waals surface area contributed by atoms with Gasteiger partial charge in [-0.05, 0) is 44.4 Å². The maximum atomic E-state index is 12.5. The highest BCUT2D eigenvalue weighted by Gasteiger charge is 2.40. The number of rotatable bonds is 32. The summed E-state index contributed by atoms with van der Waals surface area (Å²) < 4.78 is 10.3. The third kappa shape index (κ3) is 21.0. The number of carbonyl (C=O) groups excluding carboxylic acids is 3. The molecule has 2 aliphatic carbocycles. The molecule has 2 rings (SSSR count). The molecule has 0 radical (unpaired) electrons. The Hall–Kier alpha value is -2.15. The highest BCUT2D eigenvalue weighted by Crippen LogP contribution is 2.37. The molecular formula is C45H78O11. The topological polar surface area (TPSA) is 191 Å². The number of unbranched alkanes of at least 4 members (excludes halogenated alkanes) is 12. The van der Waals surface area contributed by atoms with E-state index in [0.29, 0.717) is 38.5 Å². The highest BCUT2D eigenvalue weighted by atomic mass is 16.6. The molecule has 0 heterocycles. The van der Waals surface area contributed by atoms with Crippen molar-refractivity contribution < 1.29 is 54.5 Å². The molecule has 6 N–H and O–H groups in total. The number of ether oxygens (including phenoxy) is 2. The maximum Gasteiger partial charge on any atom is 0.305 e. The van der Waals surface area contributed by atoms with Crippen LogP contribution in [0.5, 0.6) is 0 Å². The molecule has 0 amide bonds. The van der Waals surface area contributed by atoms with Crippen molar-refractivity contribution >= 4 is 17.7 Å². The molecule has 2 saturated carbocycles. The smallest absolute Gasteiger partial charge is 0.305 e. The van der Waals surface area contributed by atoms with Gasteiger partial charge in [0.05, 0.1) is 30.5 Å². The van der Waals surface area contributed by atoms with Crippen LogP contribution in [0, 0.1) is 23.7 Å². The van der Waals surface area contributed by atoms with Gasteiger partial charge >= 0.3 is 11.9 Å². The molecule has 56 heavy (non-hydrogen) atoms. The van der Waals surface area contributed by atoms with Gasteiger partial charge in [0.25, 0.3) is 0 Å². The van der Waals surface area contributed by atoms with Gasteiger partial charge in [-0.1, -0.05) is 128 Å². The Balaban J connectivity index is 1.47. The quantitative estimate of drug-likeness (QED) is 0.0238. The number of hydrogen-bond donors (Lipinski definition) is 6. The zero-order chi connectivity index (χ0) is 41.1. The van der Waals surface area contributed by atoms with Gasteiger partial charge in [-0.2, -0.15) is 0 Å². The second kappa shape index (κ2) is 30.0. The van der Waals surface area contributed by atoms with Crippen molar-refractivity contribution in [3.63, 3.8) is 0 Å². The molecule has 0 saturated heterocycles. The van der Waals surface area contributed by atoms with E-state index in [4.69, 9.17) is 9.47 Å². The van der Waals surface area contributed by atoms with Crippen LogP contribution < -0.4 is 0 Å². The monoisotopic (exact) mass is 795 g/mol. The molecule has 0 bridgehead atoms. The van der Waals surface area contributed by atoms with Crippen LogP contribution in [0.15, 0.2) is 24.3 Å². The average Bonchev–Trinajstić information content (AvgIpc) is 3.60. The van der Waals surface area contributed by atoms with Crippen LogP contribution in [0.4, 0.5) is 0 Å². The fourth-order valence-corrected chi connectivity index (χ4v) is 8.20. The molecule has 2 aliphatic rings. The van der Waals surface area contributed by atoms with Crippen molar-refractivity contribution in [2.24, 2.45) is 23.7 Å². The summed E-state index contributed by atoms with van der Waals surface area (Å²) in [5.41, 5.74) is 0. The molecule has 10 atom stereocenters. The number of hydrogen-bond acceptors (Lipinski definition) is 11. The van der Waals surface area contributed by atoms with Crippen LogP contribution in [0.2, 0.25) is 0 Å². The molecule has 11 nitrogen and oxygen atoms in total. The minimum Gasteiger partial charge on any atom is -0.463 e. The molecular weight excluding hydrogens is 716 g/mol. The molecule has 0 aromatic heterocycles. The Kier molecular flexibility index (Phi) is 26.8. The SMILES string of the molecule is CCCCCC(O)C=CC1C(O)CC(O)[C@@H]1CCCCCCCC(=O)OCC(O)COC(=O)CCCCCCC[C@H]1C(=O)CC(O)C1C=CC(O)CCCCC. The normalized spacial score (nSPS) is 25.6. The standard InChI is InChI=1S/C45H78O11/c1-3-5-13-19-33(46)25-27-38-36(40(49)29-42(38)51)21-15-9-7-11-17-23-44(53)55-31-35(48)32-56-45(54)24-18-12-8-10-16-22-37-39(43(52)30-41(37)50)28-26-34(47)20-14-6-4-2/h25-28,33-40,42-43,46-49,51-52H,3-24,29-32H2,1-2H3/t33?,34?,35?,36-,37-,38?,39?,40?,42?,43?/m1/s1. The second-order valence-corrected chi connectivity index (χ2v) is 16.6. The van der Waals surface area contributed by atoms with Gasteiger partial charge in [-0.15, -0.1) is 0 Å². The molecule has 0 spiro atoms. The van der Waals surface area contributed by atoms with Crippen LogP contribution in [0.1, 0.15) is 168 Å². The summed E-state index contributed by atoms with van der Waals surface area (Å²) >= 11 is 0. The first-order chi connectivity index (χ1) is 27.0. The van der Waals surface area contributed by atoms with Crippen LogP contribution in [0.25, 0.3) is 0 Å². The average molecular weight is 795 g/mol. The number of Topliss-reactive ketones (excluding diaryl/α,β-unsaturated/α-hetero) is 1. The minimum absolute atomic E-state index is 0.0247. The Morgan fingerprint density at radius 2 is 1.11 bits per heavy atom. The fourth-order valence-electron chi connectivity index (χ4n) is 8.20. The van der Waals surface area contributed by atoms with E-state index < -0.39 is 48.6 Å². The zero-order valence-corrected chi connectivity index (χ0v) is 34.7. The lowest BCUT2D eigenvalue weighted by atomic mass is 9.87. The second-order valence-electron chi connectivity index (χ2n) is 16.6. The third-order valence-electron chi connectivity index (χ3n) is 11.7. The number of ketones is 1. The van der Waals surface area contributed by atoms with Crippen LogP contribution in [-0.4, -0.2) is 98.2 Å².